The Hall–Kier alpha value is -3.04. The highest BCUT2D eigenvalue weighted by molar-refractivity contribution is 6.05. The van der Waals surface area contributed by atoms with Gasteiger partial charge < -0.3 is 26.0 Å². The highest BCUT2D eigenvalue weighted by atomic mass is 16.5. The number of nitrogen functional groups attached to an aromatic ring is 1. The molecule has 158 valence electrons. The summed E-state index contributed by atoms with van der Waals surface area (Å²) in [6.45, 7) is 4.66. The van der Waals surface area contributed by atoms with Crippen LogP contribution in [0.4, 0.5) is 11.6 Å². The lowest BCUT2D eigenvalue weighted by atomic mass is 9.87. The van der Waals surface area contributed by atoms with Crippen LogP contribution in [0.25, 0.3) is 0 Å². The lowest BCUT2D eigenvalue weighted by Crippen LogP contribution is -2.30. The van der Waals surface area contributed by atoms with Gasteiger partial charge in [0, 0.05) is 37.2 Å². The molecule has 3 heterocycles. The van der Waals surface area contributed by atoms with Gasteiger partial charge in [-0.25, -0.2) is 9.97 Å². The quantitative estimate of drug-likeness (QED) is 0.372. The molecule has 2 saturated heterocycles. The van der Waals surface area contributed by atoms with Crippen molar-refractivity contribution in [2.75, 3.05) is 43.9 Å². The zero-order valence-electron chi connectivity index (χ0n) is 17.2. The summed E-state index contributed by atoms with van der Waals surface area (Å²) >= 11 is 0. The van der Waals surface area contributed by atoms with Crippen molar-refractivity contribution in [1.82, 2.24) is 20.6 Å². The number of aromatic nitrogens is 2. The molecule has 1 spiro atoms. The van der Waals surface area contributed by atoms with Crippen LogP contribution in [-0.2, 0) is 11.3 Å². The molecule has 9 heteroatoms. The fourth-order valence-corrected chi connectivity index (χ4v) is 4.17. The van der Waals surface area contributed by atoms with Gasteiger partial charge in [-0.1, -0.05) is 12.1 Å². The normalized spacial score (nSPS) is 20.6. The second-order valence-electron chi connectivity index (χ2n) is 8.05. The van der Waals surface area contributed by atoms with Gasteiger partial charge in [0.15, 0.2) is 11.5 Å². The number of rotatable bonds is 5. The summed E-state index contributed by atoms with van der Waals surface area (Å²) in [5, 5.41) is 23.0. The molecule has 0 amide bonds. The van der Waals surface area contributed by atoms with Crippen LogP contribution in [0, 0.1) is 16.2 Å². The Morgan fingerprint density at radius 1 is 1.27 bits per heavy atom. The van der Waals surface area contributed by atoms with E-state index in [0.717, 1.165) is 44.7 Å². The molecule has 2 aliphatic heterocycles. The topological polar surface area (TPSA) is 136 Å². The van der Waals surface area contributed by atoms with Crippen molar-refractivity contribution in [3.8, 4) is 0 Å². The van der Waals surface area contributed by atoms with E-state index in [-0.39, 0.29) is 23.3 Å². The van der Waals surface area contributed by atoms with Gasteiger partial charge >= 0.3 is 0 Å². The molecular formula is C21H28N8O. The van der Waals surface area contributed by atoms with Crippen LogP contribution < -0.4 is 21.3 Å². The Bertz CT molecular complexity index is 937. The standard InChI is InChI=1S/C21H28N8O/c1-25-10-14-2-4-15(5-3-14)19(23)30-20(24)17-18(22)27-11-16(28-17)29-9-7-21(13-29)6-8-26-12-21/h2-5,11,23-26H,6-10,12-13H2,1H3,(H2,22,27). The number of hydrogen-bond donors (Lipinski definition) is 5. The van der Waals surface area contributed by atoms with Crippen molar-refractivity contribution >= 4 is 23.4 Å². The first-order valence-electron chi connectivity index (χ1n) is 10.2. The molecule has 4 rings (SSSR count). The highest BCUT2D eigenvalue weighted by Gasteiger charge is 2.40. The van der Waals surface area contributed by atoms with Gasteiger partial charge in [0.05, 0.1) is 6.20 Å². The largest absolute Gasteiger partial charge is 0.419 e. The molecule has 0 radical (unpaired) electrons. The van der Waals surface area contributed by atoms with Crippen LogP contribution in [0.5, 0.6) is 0 Å². The highest BCUT2D eigenvalue weighted by Crippen LogP contribution is 2.37. The predicted molar refractivity (Wildman–Crippen MR) is 117 cm³/mol. The number of nitrogens with zero attached hydrogens (tertiary/aromatic N) is 3. The molecule has 30 heavy (non-hydrogen) atoms. The maximum Gasteiger partial charge on any atom is 0.243 e. The third-order valence-electron chi connectivity index (χ3n) is 5.90. The van der Waals surface area contributed by atoms with Crippen LogP contribution in [-0.4, -0.2) is 55.0 Å². The number of ether oxygens (including phenoxy) is 1. The maximum absolute atomic E-state index is 8.30. The third kappa shape index (κ3) is 4.12. The summed E-state index contributed by atoms with van der Waals surface area (Å²) in [5.74, 6) is 0.416. The number of nitrogens with one attached hydrogen (secondary N) is 4. The Morgan fingerprint density at radius 3 is 2.77 bits per heavy atom. The zero-order valence-corrected chi connectivity index (χ0v) is 17.2. The molecule has 1 atom stereocenters. The van der Waals surface area contributed by atoms with Gasteiger partial charge in [0.25, 0.3) is 0 Å². The van der Waals surface area contributed by atoms with Gasteiger partial charge in [-0.15, -0.1) is 0 Å². The van der Waals surface area contributed by atoms with Gasteiger partial charge in [0.1, 0.15) is 5.82 Å². The molecule has 2 fully saturated rings. The molecular weight excluding hydrogens is 380 g/mol. The van der Waals surface area contributed by atoms with Gasteiger partial charge in [-0.2, -0.15) is 0 Å². The van der Waals surface area contributed by atoms with E-state index in [2.05, 4.69) is 25.5 Å². The first-order valence-corrected chi connectivity index (χ1v) is 10.2. The molecule has 9 nitrogen and oxygen atoms in total. The fourth-order valence-electron chi connectivity index (χ4n) is 4.17. The minimum Gasteiger partial charge on any atom is -0.419 e. The van der Waals surface area contributed by atoms with E-state index in [1.54, 1.807) is 18.3 Å². The van der Waals surface area contributed by atoms with E-state index in [1.165, 1.54) is 6.42 Å². The molecule has 0 bridgehead atoms. The summed E-state index contributed by atoms with van der Waals surface area (Å²) in [7, 11) is 1.88. The van der Waals surface area contributed by atoms with Crippen molar-refractivity contribution in [2.24, 2.45) is 5.41 Å². The van der Waals surface area contributed by atoms with Crippen LogP contribution in [0.1, 0.15) is 29.7 Å². The minimum absolute atomic E-state index is 0.123. The van der Waals surface area contributed by atoms with E-state index in [4.69, 9.17) is 21.3 Å². The van der Waals surface area contributed by atoms with Crippen molar-refractivity contribution in [3.63, 3.8) is 0 Å². The van der Waals surface area contributed by atoms with E-state index in [9.17, 15) is 0 Å². The number of anilines is 2. The summed E-state index contributed by atoms with van der Waals surface area (Å²) < 4.78 is 5.45. The summed E-state index contributed by atoms with van der Waals surface area (Å²) in [4.78, 5) is 11.0. The van der Waals surface area contributed by atoms with Crippen molar-refractivity contribution in [3.05, 3.63) is 47.3 Å². The SMILES string of the molecule is CNCc1ccc(C(=N)OC(=N)c2nc(N3CCC4(CCNC4)C3)cnc2N)cc1. The average Bonchev–Trinajstić information content (AvgIpc) is 3.39. The van der Waals surface area contributed by atoms with E-state index < -0.39 is 0 Å². The van der Waals surface area contributed by atoms with E-state index >= 15 is 0 Å². The van der Waals surface area contributed by atoms with Crippen LogP contribution in [0.2, 0.25) is 0 Å². The van der Waals surface area contributed by atoms with E-state index in [0.29, 0.717) is 16.8 Å². The van der Waals surface area contributed by atoms with Crippen molar-refractivity contribution in [2.45, 2.75) is 19.4 Å². The molecule has 2 aliphatic rings. The first-order chi connectivity index (χ1) is 14.5. The smallest absolute Gasteiger partial charge is 0.243 e. The van der Waals surface area contributed by atoms with Crippen molar-refractivity contribution < 1.29 is 4.74 Å². The molecule has 6 N–H and O–H groups in total. The molecule has 1 unspecified atom stereocenters. The van der Waals surface area contributed by atoms with Gasteiger partial charge in [-0.3, -0.25) is 10.8 Å². The average molecular weight is 409 g/mol. The first kappa shape index (κ1) is 20.2. The van der Waals surface area contributed by atoms with Crippen LogP contribution in [0.15, 0.2) is 30.5 Å². The van der Waals surface area contributed by atoms with Gasteiger partial charge in [-0.05, 0) is 44.1 Å². The summed E-state index contributed by atoms with van der Waals surface area (Å²) in [6, 6.07) is 7.44. The Kier molecular flexibility index (Phi) is 5.65. The lowest BCUT2D eigenvalue weighted by Gasteiger charge is -2.23. The second kappa shape index (κ2) is 8.37. The summed E-state index contributed by atoms with van der Waals surface area (Å²) in [5.41, 5.74) is 8.12. The maximum atomic E-state index is 8.30. The lowest BCUT2D eigenvalue weighted by molar-refractivity contribution is 0.369. The predicted octanol–water partition coefficient (Wildman–Crippen LogP) is 1.34. The molecule has 2 aromatic rings. The number of benzene rings is 1. The Labute approximate surface area is 176 Å². The Morgan fingerprint density at radius 2 is 2.07 bits per heavy atom. The molecule has 0 saturated carbocycles. The summed E-state index contributed by atoms with van der Waals surface area (Å²) in [6.07, 6.45) is 3.94. The molecule has 1 aromatic heterocycles. The number of hydrogen-bond acceptors (Lipinski definition) is 9. The molecule has 0 aliphatic carbocycles. The minimum atomic E-state index is -0.275. The monoisotopic (exact) mass is 408 g/mol. The van der Waals surface area contributed by atoms with Gasteiger partial charge in [0.2, 0.25) is 11.8 Å². The Balaban J connectivity index is 1.46. The third-order valence-corrected chi connectivity index (χ3v) is 5.90. The van der Waals surface area contributed by atoms with Crippen LogP contribution in [0.3, 0.4) is 0 Å². The van der Waals surface area contributed by atoms with E-state index in [1.807, 2.05) is 19.2 Å². The van der Waals surface area contributed by atoms with Crippen LogP contribution >= 0.6 is 0 Å². The number of nitrogens with two attached hydrogens (primary N) is 1. The zero-order chi connectivity index (χ0) is 21.1. The second-order valence-corrected chi connectivity index (χ2v) is 8.05. The fraction of sp³-hybridized carbons (Fsp3) is 0.429. The van der Waals surface area contributed by atoms with Crippen molar-refractivity contribution in [1.29, 1.82) is 10.8 Å². The molecule has 1 aromatic carbocycles.